The van der Waals surface area contributed by atoms with Crippen molar-refractivity contribution in [2.75, 3.05) is 13.1 Å². The Hall–Kier alpha value is -1.36. The molecule has 0 aromatic carbocycles. The molecule has 2 N–H and O–H groups in total. The van der Waals surface area contributed by atoms with Crippen molar-refractivity contribution in [3.05, 3.63) is 18.0 Å². The SMILES string of the molecule is Cn1nccc1C1CCN(C(=O)CC2(N)CCC2)CC1. The van der Waals surface area contributed by atoms with E-state index in [1.165, 1.54) is 12.1 Å². The fourth-order valence-corrected chi connectivity index (χ4v) is 3.43. The first-order chi connectivity index (χ1) is 9.57. The molecule has 0 radical (unpaired) electrons. The predicted molar refractivity (Wildman–Crippen MR) is 77.1 cm³/mol. The van der Waals surface area contributed by atoms with Crippen molar-refractivity contribution < 1.29 is 4.79 Å². The van der Waals surface area contributed by atoms with Gasteiger partial charge < -0.3 is 10.6 Å². The molecule has 1 aromatic rings. The van der Waals surface area contributed by atoms with Crippen molar-refractivity contribution in [1.82, 2.24) is 14.7 Å². The molecule has 1 saturated heterocycles. The lowest BCUT2D eigenvalue weighted by Crippen LogP contribution is -2.51. The molecule has 5 nitrogen and oxygen atoms in total. The Bertz CT molecular complexity index is 484. The molecule has 3 rings (SSSR count). The van der Waals surface area contributed by atoms with Gasteiger partial charge in [0, 0.05) is 49.9 Å². The van der Waals surface area contributed by atoms with Crippen molar-refractivity contribution in [3.8, 4) is 0 Å². The molecule has 0 spiro atoms. The lowest BCUT2D eigenvalue weighted by atomic mass is 9.75. The van der Waals surface area contributed by atoms with Crippen LogP contribution in [-0.2, 0) is 11.8 Å². The van der Waals surface area contributed by atoms with Gasteiger partial charge in [-0.2, -0.15) is 5.10 Å². The summed E-state index contributed by atoms with van der Waals surface area (Å²) in [6.45, 7) is 1.70. The topological polar surface area (TPSA) is 64.2 Å². The molecular formula is C15H24N4O. The number of rotatable bonds is 3. The number of carbonyl (C=O) groups is 1. The second-order valence-electron chi connectivity index (χ2n) is 6.43. The van der Waals surface area contributed by atoms with Crippen LogP contribution in [0, 0.1) is 0 Å². The van der Waals surface area contributed by atoms with Crippen LogP contribution in [-0.4, -0.2) is 39.2 Å². The van der Waals surface area contributed by atoms with Gasteiger partial charge in [0.25, 0.3) is 0 Å². The molecule has 20 heavy (non-hydrogen) atoms. The minimum absolute atomic E-state index is 0.198. The van der Waals surface area contributed by atoms with E-state index in [0.29, 0.717) is 12.3 Å². The smallest absolute Gasteiger partial charge is 0.224 e. The number of piperidine rings is 1. The maximum absolute atomic E-state index is 12.3. The van der Waals surface area contributed by atoms with Crippen molar-refractivity contribution in [2.24, 2.45) is 12.8 Å². The van der Waals surface area contributed by atoms with Crippen LogP contribution < -0.4 is 5.73 Å². The van der Waals surface area contributed by atoms with Gasteiger partial charge in [-0.25, -0.2) is 0 Å². The average molecular weight is 276 g/mol. The lowest BCUT2D eigenvalue weighted by Gasteiger charge is -2.40. The number of carbonyl (C=O) groups excluding carboxylic acids is 1. The highest BCUT2D eigenvalue weighted by atomic mass is 16.2. The van der Waals surface area contributed by atoms with E-state index < -0.39 is 0 Å². The van der Waals surface area contributed by atoms with E-state index in [2.05, 4.69) is 11.2 Å². The summed E-state index contributed by atoms with van der Waals surface area (Å²) >= 11 is 0. The van der Waals surface area contributed by atoms with Crippen LogP contribution in [0.25, 0.3) is 0 Å². The normalized spacial score (nSPS) is 22.6. The summed E-state index contributed by atoms with van der Waals surface area (Å²) in [6, 6.07) is 2.09. The summed E-state index contributed by atoms with van der Waals surface area (Å²) in [7, 11) is 1.99. The molecule has 1 amide bonds. The quantitative estimate of drug-likeness (QED) is 0.907. The first-order valence-corrected chi connectivity index (χ1v) is 7.62. The molecule has 2 aliphatic rings. The Morgan fingerprint density at radius 2 is 2.15 bits per heavy atom. The summed E-state index contributed by atoms with van der Waals surface area (Å²) in [5, 5.41) is 4.23. The zero-order chi connectivity index (χ0) is 14.2. The van der Waals surface area contributed by atoms with Crippen LogP contribution in [0.3, 0.4) is 0 Å². The number of hydrogen-bond acceptors (Lipinski definition) is 3. The van der Waals surface area contributed by atoms with Gasteiger partial charge in [-0.15, -0.1) is 0 Å². The van der Waals surface area contributed by atoms with Gasteiger partial charge in [-0.3, -0.25) is 9.48 Å². The summed E-state index contributed by atoms with van der Waals surface area (Å²) in [4.78, 5) is 14.3. The van der Waals surface area contributed by atoms with Gasteiger partial charge in [0.1, 0.15) is 0 Å². The van der Waals surface area contributed by atoms with E-state index in [9.17, 15) is 4.79 Å². The molecule has 1 aromatic heterocycles. The number of amides is 1. The van der Waals surface area contributed by atoms with E-state index in [0.717, 1.165) is 38.8 Å². The molecule has 0 atom stereocenters. The molecule has 1 aliphatic carbocycles. The zero-order valence-corrected chi connectivity index (χ0v) is 12.2. The van der Waals surface area contributed by atoms with Gasteiger partial charge in [0.15, 0.2) is 0 Å². The number of likely N-dealkylation sites (tertiary alicyclic amines) is 1. The Balaban J connectivity index is 1.53. The van der Waals surface area contributed by atoms with Crippen LogP contribution in [0.4, 0.5) is 0 Å². The number of nitrogens with two attached hydrogens (primary N) is 1. The standard InChI is InChI=1S/C15H24N4O/c1-18-13(3-8-17-18)12-4-9-19(10-5-12)14(20)11-15(16)6-2-7-15/h3,8,12H,2,4-7,9-11,16H2,1H3. The fraction of sp³-hybridized carbons (Fsp3) is 0.733. The predicted octanol–water partition coefficient (Wildman–Crippen LogP) is 1.40. The maximum Gasteiger partial charge on any atom is 0.224 e. The molecule has 1 saturated carbocycles. The number of nitrogens with zero attached hydrogens (tertiary/aromatic N) is 3. The van der Waals surface area contributed by atoms with E-state index in [1.807, 2.05) is 22.8 Å². The minimum Gasteiger partial charge on any atom is -0.343 e. The molecule has 0 bridgehead atoms. The second kappa shape index (κ2) is 5.20. The molecule has 110 valence electrons. The largest absolute Gasteiger partial charge is 0.343 e. The molecule has 2 heterocycles. The average Bonchev–Trinajstić information content (AvgIpc) is 2.83. The highest BCUT2D eigenvalue weighted by Crippen LogP contribution is 2.34. The van der Waals surface area contributed by atoms with Crippen LogP contribution in [0.1, 0.15) is 50.1 Å². The lowest BCUT2D eigenvalue weighted by molar-refractivity contribution is -0.134. The second-order valence-corrected chi connectivity index (χ2v) is 6.43. The van der Waals surface area contributed by atoms with E-state index in [1.54, 1.807) is 0 Å². The maximum atomic E-state index is 12.3. The summed E-state index contributed by atoms with van der Waals surface area (Å²) < 4.78 is 1.95. The van der Waals surface area contributed by atoms with Crippen LogP contribution in [0.15, 0.2) is 12.3 Å². The highest BCUT2D eigenvalue weighted by molar-refractivity contribution is 5.77. The number of aromatic nitrogens is 2. The Labute approximate surface area is 120 Å². The van der Waals surface area contributed by atoms with Gasteiger partial charge in [-0.05, 0) is 38.2 Å². The summed E-state index contributed by atoms with van der Waals surface area (Å²) in [5.74, 6) is 0.776. The third-order valence-corrected chi connectivity index (χ3v) is 4.98. The Morgan fingerprint density at radius 3 is 2.65 bits per heavy atom. The van der Waals surface area contributed by atoms with E-state index in [4.69, 9.17) is 5.73 Å². The van der Waals surface area contributed by atoms with Gasteiger partial charge in [-0.1, -0.05) is 0 Å². The Morgan fingerprint density at radius 1 is 1.45 bits per heavy atom. The van der Waals surface area contributed by atoms with E-state index in [-0.39, 0.29) is 11.4 Å². The van der Waals surface area contributed by atoms with Crippen molar-refractivity contribution in [3.63, 3.8) is 0 Å². The zero-order valence-electron chi connectivity index (χ0n) is 12.2. The Kier molecular flexibility index (Phi) is 3.54. The molecular weight excluding hydrogens is 252 g/mol. The molecule has 2 fully saturated rings. The van der Waals surface area contributed by atoms with Crippen molar-refractivity contribution in [2.45, 2.75) is 50.0 Å². The molecule has 5 heteroatoms. The van der Waals surface area contributed by atoms with Crippen LogP contribution >= 0.6 is 0 Å². The summed E-state index contributed by atoms with van der Waals surface area (Å²) in [6.07, 6.45) is 7.62. The van der Waals surface area contributed by atoms with Crippen LogP contribution in [0.5, 0.6) is 0 Å². The summed E-state index contributed by atoms with van der Waals surface area (Å²) in [5.41, 5.74) is 7.26. The number of aryl methyl sites for hydroxylation is 1. The van der Waals surface area contributed by atoms with Gasteiger partial charge >= 0.3 is 0 Å². The number of hydrogen-bond donors (Lipinski definition) is 1. The fourth-order valence-electron chi connectivity index (χ4n) is 3.43. The van der Waals surface area contributed by atoms with Crippen molar-refractivity contribution in [1.29, 1.82) is 0 Å². The third-order valence-electron chi connectivity index (χ3n) is 4.98. The van der Waals surface area contributed by atoms with Gasteiger partial charge in [0.2, 0.25) is 5.91 Å². The first-order valence-electron chi connectivity index (χ1n) is 7.62. The molecule has 0 unspecified atom stereocenters. The van der Waals surface area contributed by atoms with Crippen LogP contribution in [0.2, 0.25) is 0 Å². The molecule has 1 aliphatic heterocycles. The third kappa shape index (κ3) is 2.59. The highest BCUT2D eigenvalue weighted by Gasteiger charge is 2.36. The first kappa shape index (κ1) is 13.6. The van der Waals surface area contributed by atoms with Gasteiger partial charge in [0.05, 0.1) is 0 Å². The van der Waals surface area contributed by atoms with E-state index >= 15 is 0 Å². The monoisotopic (exact) mass is 276 g/mol. The minimum atomic E-state index is -0.198. The van der Waals surface area contributed by atoms with Crippen molar-refractivity contribution >= 4 is 5.91 Å².